The molecule has 0 saturated carbocycles. The molecule has 1 N–H and O–H groups in total. The third kappa shape index (κ3) is 4.04. The van der Waals surface area contributed by atoms with Crippen molar-refractivity contribution in [2.45, 2.75) is 0 Å². The molecule has 0 bridgehead atoms. The van der Waals surface area contributed by atoms with Gasteiger partial charge in [0.2, 0.25) is 0 Å². The van der Waals surface area contributed by atoms with Crippen molar-refractivity contribution < 1.29 is 9.53 Å². The number of hydrogen-bond acceptors (Lipinski definition) is 3. The summed E-state index contributed by atoms with van der Waals surface area (Å²) >= 11 is 0. The molecule has 0 unspecified atom stereocenters. The second-order valence-electron chi connectivity index (χ2n) is 5.36. The maximum Gasteiger partial charge on any atom is 0.262 e. The maximum absolute atomic E-state index is 12.2. The van der Waals surface area contributed by atoms with Crippen molar-refractivity contribution in [2.75, 3.05) is 11.9 Å². The summed E-state index contributed by atoms with van der Waals surface area (Å²) in [6.45, 7) is -0.165. The molecular weight excluding hydrogens is 312 g/mol. The number of benzene rings is 3. The molecule has 3 aromatic carbocycles. The smallest absolute Gasteiger partial charge is 0.262 e. The molecular formula is C21H16N2O2. The van der Waals surface area contributed by atoms with Crippen LogP contribution in [-0.2, 0) is 4.79 Å². The second-order valence-corrected chi connectivity index (χ2v) is 5.36. The Morgan fingerprint density at radius 1 is 0.920 bits per heavy atom. The highest BCUT2D eigenvalue weighted by molar-refractivity contribution is 5.96. The van der Waals surface area contributed by atoms with Crippen LogP contribution in [0.5, 0.6) is 5.75 Å². The van der Waals surface area contributed by atoms with Crippen LogP contribution in [0.3, 0.4) is 0 Å². The Labute approximate surface area is 146 Å². The average molecular weight is 328 g/mol. The predicted molar refractivity (Wildman–Crippen MR) is 97.2 cm³/mol. The van der Waals surface area contributed by atoms with Crippen molar-refractivity contribution in [1.82, 2.24) is 0 Å². The van der Waals surface area contributed by atoms with E-state index in [1.54, 1.807) is 24.3 Å². The lowest BCUT2D eigenvalue weighted by atomic mass is 10.0. The van der Waals surface area contributed by atoms with Crippen molar-refractivity contribution in [2.24, 2.45) is 0 Å². The molecule has 0 heterocycles. The number of carbonyl (C=O) groups is 1. The van der Waals surface area contributed by atoms with E-state index in [0.29, 0.717) is 11.3 Å². The molecule has 1 amide bonds. The highest BCUT2D eigenvalue weighted by Gasteiger charge is 2.10. The molecule has 0 radical (unpaired) electrons. The lowest BCUT2D eigenvalue weighted by Gasteiger charge is -2.12. The number of ether oxygens (including phenoxy) is 1. The van der Waals surface area contributed by atoms with Gasteiger partial charge in [-0.25, -0.2) is 0 Å². The predicted octanol–water partition coefficient (Wildman–Crippen LogP) is 4.24. The SMILES string of the molecule is N#Cc1ccccc1OCC(=O)Nc1ccccc1-c1ccccc1. The fourth-order valence-corrected chi connectivity index (χ4v) is 2.48. The van der Waals surface area contributed by atoms with E-state index in [4.69, 9.17) is 10.00 Å². The van der Waals surface area contributed by atoms with Crippen LogP contribution >= 0.6 is 0 Å². The van der Waals surface area contributed by atoms with Gasteiger partial charge in [-0.05, 0) is 23.8 Å². The van der Waals surface area contributed by atoms with Crippen LogP contribution in [0.1, 0.15) is 5.56 Å². The Hall–Kier alpha value is -3.58. The third-order valence-corrected chi connectivity index (χ3v) is 3.65. The summed E-state index contributed by atoms with van der Waals surface area (Å²) in [5, 5.41) is 11.9. The number of amides is 1. The first-order valence-electron chi connectivity index (χ1n) is 7.84. The number of hydrogen-bond donors (Lipinski definition) is 1. The largest absolute Gasteiger partial charge is 0.482 e. The zero-order valence-electron chi connectivity index (χ0n) is 13.5. The van der Waals surface area contributed by atoms with E-state index in [0.717, 1.165) is 16.8 Å². The van der Waals surface area contributed by atoms with Crippen LogP contribution in [0.4, 0.5) is 5.69 Å². The number of nitriles is 1. The molecule has 0 saturated heterocycles. The van der Waals surface area contributed by atoms with E-state index >= 15 is 0 Å². The van der Waals surface area contributed by atoms with Gasteiger partial charge in [0.05, 0.1) is 5.56 Å². The van der Waals surface area contributed by atoms with Gasteiger partial charge in [0.1, 0.15) is 11.8 Å². The number of nitrogens with one attached hydrogen (secondary N) is 1. The van der Waals surface area contributed by atoms with Gasteiger partial charge < -0.3 is 10.1 Å². The van der Waals surface area contributed by atoms with Crippen molar-refractivity contribution in [3.8, 4) is 22.9 Å². The lowest BCUT2D eigenvalue weighted by Crippen LogP contribution is -2.20. The molecule has 0 aromatic heterocycles. The van der Waals surface area contributed by atoms with Gasteiger partial charge in [-0.15, -0.1) is 0 Å². The van der Waals surface area contributed by atoms with Gasteiger partial charge in [0, 0.05) is 11.3 Å². The molecule has 122 valence electrons. The van der Waals surface area contributed by atoms with Gasteiger partial charge in [-0.2, -0.15) is 5.26 Å². The van der Waals surface area contributed by atoms with E-state index in [-0.39, 0.29) is 12.5 Å². The van der Waals surface area contributed by atoms with Crippen molar-refractivity contribution in [3.05, 3.63) is 84.4 Å². The number of nitrogens with zero attached hydrogens (tertiary/aromatic N) is 1. The highest BCUT2D eigenvalue weighted by Crippen LogP contribution is 2.27. The maximum atomic E-state index is 12.2. The van der Waals surface area contributed by atoms with Crippen LogP contribution < -0.4 is 10.1 Å². The summed E-state index contributed by atoms with van der Waals surface area (Å²) in [4.78, 5) is 12.2. The minimum atomic E-state index is -0.281. The summed E-state index contributed by atoms with van der Waals surface area (Å²) in [7, 11) is 0. The molecule has 0 spiro atoms. The first-order valence-corrected chi connectivity index (χ1v) is 7.84. The van der Waals surface area contributed by atoms with Crippen LogP contribution in [0.25, 0.3) is 11.1 Å². The first kappa shape index (κ1) is 16.3. The standard InChI is InChI=1S/C21H16N2O2/c22-14-17-10-4-7-13-20(17)25-15-21(24)23-19-12-6-5-11-18(19)16-8-2-1-3-9-16/h1-13H,15H2,(H,23,24). The zero-order chi connectivity index (χ0) is 17.5. The monoisotopic (exact) mass is 328 g/mol. The van der Waals surface area contributed by atoms with Crippen LogP contribution in [0.2, 0.25) is 0 Å². The van der Waals surface area contributed by atoms with E-state index in [9.17, 15) is 4.79 Å². The normalized spacial score (nSPS) is 9.88. The minimum Gasteiger partial charge on any atom is -0.482 e. The molecule has 0 aliphatic rings. The van der Waals surface area contributed by atoms with E-state index < -0.39 is 0 Å². The molecule has 0 atom stereocenters. The molecule has 25 heavy (non-hydrogen) atoms. The van der Waals surface area contributed by atoms with Gasteiger partial charge in [-0.1, -0.05) is 60.7 Å². The summed E-state index contributed by atoms with van der Waals surface area (Å²) in [6.07, 6.45) is 0. The third-order valence-electron chi connectivity index (χ3n) is 3.65. The zero-order valence-corrected chi connectivity index (χ0v) is 13.5. The lowest BCUT2D eigenvalue weighted by molar-refractivity contribution is -0.118. The fraction of sp³-hybridized carbons (Fsp3) is 0.0476. The van der Waals surface area contributed by atoms with Crippen molar-refractivity contribution in [1.29, 1.82) is 5.26 Å². The Morgan fingerprint density at radius 2 is 1.60 bits per heavy atom. The van der Waals surface area contributed by atoms with Crippen molar-refractivity contribution in [3.63, 3.8) is 0 Å². The highest BCUT2D eigenvalue weighted by atomic mass is 16.5. The molecule has 4 nitrogen and oxygen atoms in total. The van der Waals surface area contributed by atoms with E-state index in [1.165, 1.54) is 0 Å². The van der Waals surface area contributed by atoms with Gasteiger partial charge >= 0.3 is 0 Å². The Bertz CT molecular complexity index is 914. The van der Waals surface area contributed by atoms with Crippen molar-refractivity contribution >= 4 is 11.6 Å². The van der Waals surface area contributed by atoms with Gasteiger partial charge in [0.25, 0.3) is 5.91 Å². The molecule has 4 heteroatoms. The van der Waals surface area contributed by atoms with Crippen LogP contribution in [0.15, 0.2) is 78.9 Å². The van der Waals surface area contributed by atoms with Crippen LogP contribution in [-0.4, -0.2) is 12.5 Å². The molecule has 0 aliphatic heterocycles. The molecule has 3 aromatic rings. The van der Waals surface area contributed by atoms with Crippen LogP contribution in [0, 0.1) is 11.3 Å². The molecule has 0 aliphatic carbocycles. The Morgan fingerprint density at radius 3 is 2.40 bits per heavy atom. The summed E-state index contributed by atoms with van der Waals surface area (Å²) in [6, 6.07) is 26.3. The molecule has 0 fully saturated rings. The van der Waals surface area contributed by atoms with Gasteiger partial charge in [-0.3, -0.25) is 4.79 Å². The van der Waals surface area contributed by atoms with Gasteiger partial charge in [0.15, 0.2) is 6.61 Å². The number of para-hydroxylation sites is 2. The van der Waals surface area contributed by atoms with E-state index in [2.05, 4.69) is 5.32 Å². The Kier molecular flexibility index (Phi) is 5.08. The average Bonchev–Trinajstić information content (AvgIpc) is 2.67. The number of anilines is 1. The Balaban J connectivity index is 1.71. The second kappa shape index (κ2) is 7.80. The minimum absolute atomic E-state index is 0.165. The summed E-state index contributed by atoms with van der Waals surface area (Å²) < 4.78 is 5.47. The first-order chi connectivity index (χ1) is 12.3. The number of rotatable bonds is 5. The van der Waals surface area contributed by atoms with E-state index in [1.807, 2.05) is 60.7 Å². The summed E-state index contributed by atoms with van der Waals surface area (Å²) in [5.41, 5.74) is 3.08. The fourth-order valence-electron chi connectivity index (χ4n) is 2.48. The molecule has 3 rings (SSSR count). The quantitative estimate of drug-likeness (QED) is 0.762. The number of carbonyl (C=O) groups excluding carboxylic acids is 1. The summed E-state index contributed by atoms with van der Waals surface area (Å²) in [5.74, 6) is 0.118. The topological polar surface area (TPSA) is 62.1 Å².